The lowest BCUT2D eigenvalue weighted by Gasteiger charge is -2.11. The van der Waals surface area contributed by atoms with Gasteiger partial charge in [0.2, 0.25) is 0 Å². The van der Waals surface area contributed by atoms with Gasteiger partial charge >= 0.3 is 5.97 Å². The van der Waals surface area contributed by atoms with Crippen LogP contribution < -0.4 is 0 Å². The molecule has 4 nitrogen and oxygen atoms in total. The number of carboxylic acid groups (broad SMARTS) is 1. The molecular formula is C8H17NO3. The molecule has 0 aromatic carbocycles. The summed E-state index contributed by atoms with van der Waals surface area (Å²) in [6.45, 7) is 2.97. The Balaban J connectivity index is 3.25. The molecule has 0 unspecified atom stereocenters. The molecule has 0 aliphatic heterocycles. The van der Waals surface area contributed by atoms with Crippen molar-refractivity contribution in [3.05, 3.63) is 0 Å². The highest BCUT2D eigenvalue weighted by Gasteiger charge is 2.09. The molecule has 0 heterocycles. The van der Waals surface area contributed by atoms with E-state index >= 15 is 0 Å². The van der Waals surface area contributed by atoms with Gasteiger partial charge in [-0.1, -0.05) is 0 Å². The monoisotopic (exact) mass is 175 g/mol. The number of hydrogen-bond donors (Lipinski definition) is 1. The van der Waals surface area contributed by atoms with E-state index in [0.717, 1.165) is 13.0 Å². The minimum atomic E-state index is -0.903. The Morgan fingerprint density at radius 1 is 1.58 bits per heavy atom. The van der Waals surface area contributed by atoms with Crippen molar-refractivity contribution in [1.82, 2.24) is 4.90 Å². The van der Waals surface area contributed by atoms with Gasteiger partial charge in [-0.05, 0) is 34.0 Å². The van der Waals surface area contributed by atoms with Crippen LogP contribution in [-0.2, 0) is 9.53 Å². The highest BCUT2D eigenvalue weighted by atomic mass is 16.5. The molecule has 0 aromatic heterocycles. The van der Waals surface area contributed by atoms with Crippen molar-refractivity contribution in [2.75, 3.05) is 27.2 Å². The van der Waals surface area contributed by atoms with Crippen LogP contribution in [0.1, 0.15) is 13.3 Å². The Bertz CT molecular complexity index is 136. The average Bonchev–Trinajstić information content (AvgIpc) is 1.97. The van der Waals surface area contributed by atoms with Crippen LogP contribution in [0, 0.1) is 0 Å². The first-order chi connectivity index (χ1) is 5.54. The van der Waals surface area contributed by atoms with Crippen molar-refractivity contribution < 1.29 is 14.6 Å². The lowest BCUT2D eigenvalue weighted by Crippen LogP contribution is -2.22. The number of aliphatic carboxylic acids is 1. The molecule has 0 amide bonds. The fourth-order valence-corrected chi connectivity index (χ4v) is 0.712. The third-order valence-electron chi connectivity index (χ3n) is 1.47. The van der Waals surface area contributed by atoms with Gasteiger partial charge in [0.05, 0.1) is 0 Å². The largest absolute Gasteiger partial charge is 0.479 e. The first-order valence-electron chi connectivity index (χ1n) is 4.03. The van der Waals surface area contributed by atoms with Crippen molar-refractivity contribution in [2.45, 2.75) is 19.4 Å². The molecular weight excluding hydrogens is 158 g/mol. The van der Waals surface area contributed by atoms with Gasteiger partial charge in [0.15, 0.2) is 6.10 Å². The zero-order chi connectivity index (χ0) is 9.56. The summed E-state index contributed by atoms with van der Waals surface area (Å²) in [4.78, 5) is 12.3. The Hall–Kier alpha value is -0.610. The minimum Gasteiger partial charge on any atom is -0.479 e. The summed E-state index contributed by atoms with van der Waals surface area (Å²) < 4.78 is 5.03. The molecule has 0 aliphatic carbocycles. The van der Waals surface area contributed by atoms with E-state index in [0.29, 0.717) is 6.61 Å². The van der Waals surface area contributed by atoms with Gasteiger partial charge in [0, 0.05) is 6.61 Å². The fourth-order valence-electron chi connectivity index (χ4n) is 0.712. The summed E-state index contributed by atoms with van der Waals surface area (Å²) >= 11 is 0. The van der Waals surface area contributed by atoms with E-state index in [-0.39, 0.29) is 0 Å². The number of carbonyl (C=O) groups is 1. The van der Waals surface area contributed by atoms with Gasteiger partial charge in [-0.15, -0.1) is 0 Å². The maximum absolute atomic E-state index is 10.3. The van der Waals surface area contributed by atoms with Gasteiger partial charge in [0.1, 0.15) is 0 Å². The van der Waals surface area contributed by atoms with Crippen molar-refractivity contribution in [3.8, 4) is 0 Å². The van der Waals surface area contributed by atoms with E-state index in [9.17, 15) is 4.79 Å². The molecule has 1 atom stereocenters. The van der Waals surface area contributed by atoms with Crippen molar-refractivity contribution in [2.24, 2.45) is 0 Å². The van der Waals surface area contributed by atoms with Gasteiger partial charge in [0.25, 0.3) is 0 Å². The van der Waals surface area contributed by atoms with Crippen LogP contribution in [0.5, 0.6) is 0 Å². The van der Waals surface area contributed by atoms with Gasteiger partial charge in [-0.25, -0.2) is 4.79 Å². The topological polar surface area (TPSA) is 49.8 Å². The van der Waals surface area contributed by atoms with E-state index < -0.39 is 12.1 Å². The number of ether oxygens (including phenoxy) is 1. The maximum atomic E-state index is 10.3. The number of rotatable bonds is 6. The normalized spacial score (nSPS) is 13.3. The Morgan fingerprint density at radius 3 is 2.58 bits per heavy atom. The molecule has 0 rings (SSSR count). The third-order valence-corrected chi connectivity index (χ3v) is 1.47. The summed E-state index contributed by atoms with van der Waals surface area (Å²) in [5.74, 6) is -0.903. The standard InChI is InChI=1S/C8H17NO3/c1-7(8(10)11)12-6-4-5-9(2)3/h7H,4-6H2,1-3H3,(H,10,11)/t7-/m1/s1. The molecule has 12 heavy (non-hydrogen) atoms. The molecule has 0 spiro atoms. The predicted octanol–water partition coefficient (Wildman–Crippen LogP) is 0.428. The van der Waals surface area contributed by atoms with E-state index in [2.05, 4.69) is 0 Å². The smallest absolute Gasteiger partial charge is 0.332 e. The number of carboxylic acids is 1. The van der Waals surface area contributed by atoms with Gasteiger partial charge in [-0.3, -0.25) is 0 Å². The number of nitrogens with zero attached hydrogens (tertiary/aromatic N) is 1. The van der Waals surface area contributed by atoms with Crippen LogP contribution in [0.25, 0.3) is 0 Å². The van der Waals surface area contributed by atoms with Crippen molar-refractivity contribution >= 4 is 5.97 Å². The van der Waals surface area contributed by atoms with Crippen LogP contribution in [0.3, 0.4) is 0 Å². The van der Waals surface area contributed by atoms with Crippen molar-refractivity contribution in [3.63, 3.8) is 0 Å². The van der Waals surface area contributed by atoms with Crippen LogP contribution in [0.4, 0.5) is 0 Å². The quantitative estimate of drug-likeness (QED) is 0.595. The second-order valence-corrected chi connectivity index (χ2v) is 3.01. The number of hydrogen-bond acceptors (Lipinski definition) is 3. The molecule has 0 saturated carbocycles. The molecule has 4 heteroatoms. The SMILES string of the molecule is C[C@@H](OCCCN(C)C)C(=O)O. The zero-order valence-electron chi connectivity index (χ0n) is 7.91. The zero-order valence-corrected chi connectivity index (χ0v) is 7.91. The molecule has 0 fully saturated rings. The first kappa shape index (κ1) is 11.4. The van der Waals surface area contributed by atoms with E-state index in [1.807, 2.05) is 19.0 Å². The lowest BCUT2D eigenvalue weighted by molar-refractivity contribution is -0.149. The van der Waals surface area contributed by atoms with Gasteiger partial charge < -0.3 is 14.7 Å². The summed E-state index contributed by atoms with van der Waals surface area (Å²) in [5, 5.41) is 8.46. The molecule has 0 bridgehead atoms. The Morgan fingerprint density at radius 2 is 2.17 bits per heavy atom. The van der Waals surface area contributed by atoms with E-state index in [1.54, 1.807) is 0 Å². The van der Waals surface area contributed by atoms with Gasteiger partial charge in [-0.2, -0.15) is 0 Å². The van der Waals surface area contributed by atoms with Crippen LogP contribution in [-0.4, -0.2) is 49.3 Å². The molecule has 0 radical (unpaired) electrons. The van der Waals surface area contributed by atoms with E-state index in [4.69, 9.17) is 9.84 Å². The highest BCUT2D eigenvalue weighted by Crippen LogP contribution is 1.92. The van der Waals surface area contributed by atoms with Crippen molar-refractivity contribution in [1.29, 1.82) is 0 Å². The molecule has 0 aliphatic rings. The Labute approximate surface area is 73.1 Å². The predicted molar refractivity (Wildman–Crippen MR) is 46.2 cm³/mol. The van der Waals surface area contributed by atoms with Crippen LogP contribution in [0.2, 0.25) is 0 Å². The molecule has 1 N–H and O–H groups in total. The summed E-state index contributed by atoms with van der Waals surface area (Å²) in [7, 11) is 3.95. The summed E-state index contributed by atoms with van der Waals surface area (Å²) in [5.41, 5.74) is 0. The average molecular weight is 175 g/mol. The Kier molecular flexibility index (Phi) is 5.66. The summed E-state index contributed by atoms with van der Waals surface area (Å²) in [6.07, 6.45) is 0.178. The highest BCUT2D eigenvalue weighted by molar-refractivity contribution is 5.71. The molecule has 0 aromatic rings. The summed E-state index contributed by atoms with van der Waals surface area (Å²) in [6, 6.07) is 0. The molecule has 0 saturated heterocycles. The fraction of sp³-hybridized carbons (Fsp3) is 0.875. The third kappa shape index (κ3) is 6.12. The maximum Gasteiger partial charge on any atom is 0.332 e. The second-order valence-electron chi connectivity index (χ2n) is 3.01. The first-order valence-corrected chi connectivity index (χ1v) is 4.03. The second kappa shape index (κ2) is 5.97. The lowest BCUT2D eigenvalue weighted by atomic mass is 10.4. The molecule has 72 valence electrons. The van der Waals surface area contributed by atoms with Crippen LogP contribution >= 0.6 is 0 Å². The minimum absolute atomic E-state index is 0.506. The van der Waals surface area contributed by atoms with Crippen LogP contribution in [0.15, 0.2) is 0 Å². The van der Waals surface area contributed by atoms with E-state index in [1.165, 1.54) is 6.92 Å².